The Kier molecular flexibility index (Phi) is 5.89. The molecule has 1 aromatic rings. The molecule has 2 amide bonds. The Labute approximate surface area is 136 Å². The molecule has 1 fully saturated rings. The minimum atomic E-state index is -0.354. The SMILES string of the molecule is CC[C@@H](CSc1ccc(C)c(C)c1)NC(=O)[C@H]1CCC(=O)N1. The standard InChI is InChI=1S/C17H24N2O2S/c1-4-13(18-17(21)15-7-8-16(20)19-15)10-22-14-6-5-11(2)12(3)9-14/h5-6,9,13,15H,4,7-8,10H2,1-3H3,(H,18,21)(H,19,20)/t13-,15+/m0/s1. The number of rotatable bonds is 6. The molecule has 5 heteroatoms. The number of amides is 2. The summed E-state index contributed by atoms with van der Waals surface area (Å²) >= 11 is 1.76. The van der Waals surface area contributed by atoms with Gasteiger partial charge in [-0.25, -0.2) is 0 Å². The van der Waals surface area contributed by atoms with Crippen LogP contribution in [0.15, 0.2) is 23.1 Å². The zero-order valence-corrected chi connectivity index (χ0v) is 14.3. The van der Waals surface area contributed by atoms with Crippen LogP contribution in [0.5, 0.6) is 0 Å². The second-order valence-corrected chi connectivity index (χ2v) is 6.92. The van der Waals surface area contributed by atoms with Crippen molar-refractivity contribution in [1.82, 2.24) is 10.6 Å². The Hall–Kier alpha value is -1.49. The number of benzene rings is 1. The fraction of sp³-hybridized carbons (Fsp3) is 0.529. The van der Waals surface area contributed by atoms with Gasteiger partial charge < -0.3 is 10.6 Å². The van der Waals surface area contributed by atoms with E-state index >= 15 is 0 Å². The zero-order chi connectivity index (χ0) is 16.1. The highest BCUT2D eigenvalue weighted by atomic mass is 32.2. The lowest BCUT2D eigenvalue weighted by molar-refractivity contribution is -0.126. The Bertz CT molecular complexity index is 560. The molecule has 2 rings (SSSR count). The molecule has 1 heterocycles. The zero-order valence-electron chi connectivity index (χ0n) is 13.4. The van der Waals surface area contributed by atoms with Crippen LogP contribution < -0.4 is 10.6 Å². The second kappa shape index (κ2) is 7.68. The first kappa shape index (κ1) is 16.9. The highest BCUT2D eigenvalue weighted by molar-refractivity contribution is 7.99. The number of hydrogen-bond acceptors (Lipinski definition) is 3. The first-order valence-electron chi connectivity index (χ1n) is 7.79. The van der Waals surface area contributed by atoms with Gasteiger partial charge in [0, 0.05) is 23.1 Å². The van der Waals surface area contributed by atoms with Crippen LogP contribution in [0.3, 0.4) is 0 Å². The summed E-state index contributed by atoms with van der Waals surface area (Å²) in [5, 5.41) is 5.76. The fourth-order valence-electron chi connectivity index (χ4n) is 2.37. The number of carbonyl (C=O) groups is 2. The highest BCUT2D eigenvalue weighted by Crippen LogP contribution is 2.22. The monoisotopic (exact) mass is 320 g/mol. The maximum Gasteiger partial charge on any atom is 0.242 e. The Morgan fingerprint density at radius 3 is 2.77 bits per heavy atom. The van der Waals surface area contributed by atoms with E-state index in [4.69, 9.17) is 0 Å². The van der Waals surface area contributed by atoms with Gasteiger partial charge in [0.2, 0.25) is 11.8 Å². The summed E-state index contributed by atoms with van der Waals surface area (Å²) in [6, 6.07) is 6.21. The number of aryl methyl sites for hydroxylation is 2. The van der Waals surface area contributed by atoms with Crippen molar-refractivity contribution < 1.29 is 9.59 Å². The van der Waals surface area contributed by atoms with Crippen LogP contribution in [-0.2, 0) is 9.59 Å². The van der Waals surface area contributed by atoms with Crippen LogP contribution in [0.1, 0.15) is 37.3 Å². The van der Waals surface area contributed by atoms with Gasteiger partial charge in [0.25, 0.3) is 0 Å². The van der Waals surface area contributed by atoms with Crippen LogP contribution in [0.25, 0.3) is 0 Å². The van der Waals surface area contributed by atoms with Crippen molar-refractivity contribution in [2.24, 2.45) is 0 Å². The third kappa shape index (κ3) is 4.50. The van der Waals surface area contributed by atoms with Crippen LogP contribution in [0.2, 0.25) is 0 Å². The quantitative estimate of drug-likeness (QED) is 0.792. The van der Waals surface area contributed by atoms with E-state index in [0.717, 1.165) is 12.2 Å². The predicted octanol–water partition coefficient (Wildman–Crippen LogP) is 2.57. The van der Waals surface area contributed by atoms with E-state index in [9.17, 15) is 9.59 Å². The van der Waals surface area contributed by atoms with Gasteiger partial charge in [0.15, 0.2) is 0 Å². The third-order valence-electron chi connectivity index (χ3n) is 4.08. The molecule has 0 saturated carbocycles. The summed E-state index contributed by atoms with van der Waals surface area (Å²) in [5.41, 5.74) is 2.58. The minimum absolute atomic E-state index is 0.0299. The lowest BCUT2D eigenvalue weighted by Crippen LogP contribution is -2.46. The summed E-state index contributed by atoms with van der Waals surface area (Å²) < 4.78 is 0. The van der Waals surface area contributed by atoms with Crippen molar-refractivity contribution in [3.8, 4) is 0 Å². The number of thioether (sulfide) groups is 1. The van der Waals surface area contributed by atoms with Gasteiger partial charge in [-0.3, -0.25) is 9.59 Å². The fourth-order valence-corrected chi connectivity index (χ4v) is 3.51. The van der Waals surface area contributed by atoms with Gasteiger partial charge in [-0.15, -0.1) is 11.8 Å². The summed E-state index contributed by atoms with van der Waals surface area (Å²) in [5.74, 6) is 0.752. The Morgan fingerprint density at radius 1 is 1.41 bits per heavy atom. The first-order chi connectivity index (χ1) is 10.5. The molecule has 2 atom stereocenters. The number of nitrogens with one attached hydrogen (secondary N) is 2. The normalized spacial score (nSPS) is 18.9. The van der Waals surface area contributed by atoms with Gasteiger partial charge in [-0.05, 0) is 49.9 Å². The smallest absolute Gasteiger partial charge is 0.242 e. The maximum absolute atomic E-state index is 12.1. The average molecular weight is 320 g/mol. The van der Waals surface area contributed by atoms with Crippen LogP contribution in [0, 0.1) is 13.8 Å². The molecular weight excluding hydrogens is 296 g/mol. The summed E-state index contributed by atoms with van der Waals surface area (Å²) in [6.07, 6.45) is 1.93. The molecule has 22 heavy (non-hydrogen) atoms. The third-order valence-corrected chi connectivity index (χ3v) is 5.24. The van der Waals surface area contributed by atoms with Crippen molar-refractivity contribution in [3.05, 3.63) is 29.3 Å². The maximum atomic E-state index is 12.1. The molecule has 1 aliphatic heterocycles. The van der Waals surface area contributed by atoms with Crippen molar-refractivity contribution in [1.29, 1.82) is 0 Å². The highest BCUT2D eigenvalue weighted by Gasteiger charge is 2.28. The molecule has 2 N–H and O–H groups in total. The predicted molar refractivity (Wildman–Crippen MR) is 90.0 cm³/mol. The van der Waals surface area contributed by atoms with Gasteiger partial charge in [-0.2, -0.15) is 0 Å². The lowest BCUT2D eigenvalue weighted by atomic mass is 10.1. The topological polar surface area (TPSA) is 58.2 Å². The Balaban J connectivity index is 1.85. The molecule has 0 aliphatic carbocycles. The van der Waals surface area contributed by atoms with Gasteiger partial charge >= 0.3 is 0 Å². The van der Waals surface area contributed by atoms with Crippen LogP contribution in [-0.4, -0.2) is 29.7 Å². The van der Waals surface area contributed by atoms with Crippen molar-refractivity contribution in [2.75, 3.05) is 5.75 Å². The van der Waals surface area contributed by atoms with Crippen molar-refractivity contribution >= 4 is 23.6 Å². The molecule has 0 unspecified atom stereocenters. The lowest BCUT2D eigenvalue weighted by Gasteiger charge is -2.19. The Morgan fingerprint density at radius 2 is 2.18 bits per heavy atom. The molecule has 1 aromatic carbocycles. The molecule has 0 radical (unpaired) electrons. The summed E-state index contributed by atoms with van der Waals surface area (Å²) in [4.78, 5) is 24.6. The van der Waals surface area contributed by atoms with E-state index in [1.165, 1.54) is 16.0 Å². The van der Waals surface area contributed by atoms with Crippen molar-refractivity contribution in [2.45, 2.75) is 57.0 Å². The van der Waals surface area contributed by atoms with Gasteiger partial charge in [-0.1, -0.05) is 13.0 Å². The van der Waals surface area contributed by atoms with Gasteiger partial charge in [0.1, 0.15) is 6.04 Å². The number of hydrogen-bond donors (Lipinski definition) is 2. The van der Waals surface area contributed by atoms with Crippen LogP contribution >= 0.6 is 11.8 Å². The van der Waals surface area contributed by atoms with Crippen molar-refractivity contribution in [3.63, 3.8) is 0 Å². The molecule has 4 nitrogen and oxygen atoms in total. The van der Waals surface area contributed by atoms with E-state index in [1.54, 1.807) is 11.8 Å². The largest absolute Gasteiger partial charge is 0.351 e. The molecular formula is C17H24N2O2S. The van der Waals surface area contributed by atoms with Gasteiger partial charge in [0.05, 0.1) is 0 Å². The average Bonchev–Trinajstić information content (AvgIpc) is 2.93. The van der Waals surface area contributed by atoms with E-state index < -0.39 is 0 Å². The molecule has 1 saturated heterocycles. The van der Waals surface area contributed by atoms with Crippen LogP contribution in [0.4, 0.5) is 0 Å². The molecule has 0 spiro atoms. The summed E-state index contributed by atoms with van der Waals surface area (Å²) in [6.45, 7) is 6.29. The summed E-state index contributed by atoms with van der Waals surface area (Å²) in [7, 11) is 0. The molecule has 120 valence electrons. The second-order valence-electron chi connectivity index (χ2n) is 5.83. The van der Waals surface area contributed by atoms with E-state index in [2.05, 4.69) is 49.6 Å². The van der Waals surface area contributed by atoms with E-state index in [0.29, 0.717) is 12.8 Å². The number of carbonyl (C=O) groups excluding carboxylic acids is 2. The molecule has 0 bridgehead atoms. The molecule has 0 aromatic heterocycles. The van der Waals surface area contributed by atoms with E-state index in [1.807, 2.05) is 0 Å². The minimum Gasteiger partial charge on any atom is -0.351 e. The van der Waals surface area contributed by atoms with E-state index in [-0.39, 0.29) is 23.9 Å². The molecule has 1 aliphatic rings. The first-order valence-corrected chi connectivity index (χ1v) is 8.78.